The fourth-order valence-electron chi connectivity index (χ4n) is 4.64. The van der Waals surface area contributed by atoms with Gasteiger partial charge in [-0.15, -0.1) is 0 Å². The van der Waals surface area contributed by atoms with Crippen LogP contribution in [-0.2, 0) is 9.59 Å². The Balaban J connectivity index is 1.82. The lowest BCUT2D eigenvalue weighted by Crippen LogP contribution is -2.57. The normalized spacial score (nSPS) is 37.5. The van der Waals surface area contributed by atoms with Crippen LogP contribution in [0.3, 0.4) is 0 Å². The monoisotopic (exact) mass is 319 g/mol. The molecule has 6 heteroatoms. The first-order valence-corrected chi connectivity index (χ1v) is 8.23. The van der Waals surface area contributed by atoms with Crippen LogP contribution < -0.4 is 0 Å². The third-order valence-corrected chi connectivity index (χ3v) is 6.93. The maximum Gasteiger partial charge on any atom is 0.332 e. The SMILES string of the molecule is CN1C(=O)C(C=N[C@@H]2C[C@@H]3CC[C@]2(C)C3(C)C)C(=O)N(C)C1=O. The second-order valence-corrected chi connectivity index (χ2v) is 7.98. The van der Waals surface area contributed by atoms with Gasteiger partial charge < -0.3 is 0 Å². The molecule has 3 rings (SSSR count). The number of carbonyl (C=O) groups is 3. The fourth-order valence-corrected chi connectivity index (χ4v) is 4.64. The second kappa shape index (κ2) is 4.89. The van der Waals surface area contributed by atoms with Crippen LogP contribution in [0.2, 0.25) is 0 Å². The summed E-state index contributed by atoms with van der Waals surface area (Å²) in [7, 11) is 2.80. The number of fused-ring (bicyclic) bond motifs is 2. The molecule has 1 heterocycles. The second-order valence-electron chi connectivity index (χ2n) is 7.98. The summed E-state index contributed by atoms with van der Waals surface area (Å²) in [5.41, 5.74) is 0.349. The Kier molecular flexibility index (Phi) is 3.43. The van der Waals surface area contributed by atoms with Crippen molar-refractivity contribution in [2.45, 2.75) is 46.1 Å². The van der Waals surface area contributed by atoms with Crippen molar-refractivity contribution in [1.82, 2.24) is 9.80 Å². The highest BCUT2D eigenvalue weighted by Gasteiger charge is 2.61. The van der Waals surface area contributed by atoms with E-state index in [1.807, 2.05) is 0 Å². The van der Waals surface area contributed by atoms with Gasteiger partial charge in [0.15, 0.2) is 5.92 Å². The summed E-state index contributed by atoms with van der Waals surface area (Å²) in [6.45, 7) is 6.88. The molecule has 4 amide bonds. The molecule has 0 aromatic heterocycles. The van der Waals surface area contributed by atoms with Crippen LogP contribution in [0.15, 0.2) is 4.99 Å². The van der Waals surface area contributed by atoms with Crippen molar-refractivity contribution in [2.75, 3.05) is 14.1 Å². The minimum atomic E-state index is -0.978. The largest absolute Gasteiger partial charge is 0.332 e. The number of imide groups is 2. The number of aliphatic imine (C=N–C) groups is 1. The highest BCUT2D eigenvalue weighted by atomic mass is 16.2. The van der Waals surface area contributed by atoms with Gasteiger partial charge in [0.25, 0.3) is 0 Å². The Morgan fingerprint density at radius 3 is 2.09 bits per heavy atom. The lowest BCUT2D eigenvalue weighted by Gasteiger charge is -2.37. The summed E-state index contributed by atoms with van der Waals surface area (Å²) in [5.74, 6) is -1.31. The topological polar surface area (TPSA) is 70.1 Å². The molecule has 0 aromatic carbocycles. The molecule has 0 aromatic rings. The van der Waals surface area contributed by atoms with Crippen LogP contribution in [0.25, 0.3) is 0 Å². The predicted molar refractivity (Wildman–Crippen MR) is 85.9 cm³/mol. The van der Waals surface area contributed by atoms with E-state index in [9.17, 15) is 14.4 Å². The number of urea groups is 1. The number of rotatable bonds is 2. The van der Waals surface area contributed by atoms with Crippen molar-refractivity contribution in [3.8, 4) is 0 Å². The summed E-state index contributed by atoms with van der Waals surface area (Å²) in [6.07, 6.45) is 4.87. The Labute approximate surface area is 136 Å². The molecule has 1 saturated heterocycles. The molecule has 2 aliphatic carbocycles. The molecule has 3 atom stereocenters. The number of carbonyl (C=O) groups excluding carboxylic acids is 3. The number of amides is 4. The Morgan fingerprint density at radius 1 is 1.09 bits per heavy atom. The summed E-state index contributed by atoms with van der Waals surface area (Å²) >= 11 is 0. The van der Waals surface area contributed by atoms with Crippen LogP contribution in [0.1, 0.15) is 40.0 Å². The maximum absolute atomic E-state index is 12.2. The number of nitrogens with zero attached hydrogens (tertiary/aromatic N) is 3. The van der Waals surface area contributed by atoms with Crippen LogP contribution in [0.5, 0.6) is 0 Å². The molecule has 0 N–H and O–H groups in total. The van der Waals surface area contributed by atoms with Crippen molar-refractivity contribution < 1.29 is 14.4 Å². The number of barbiturate groups is 1. The van der Waals surface area contributed by atoms with E-state index in [4.69, 9.17) is 0 Å². The highest BCUT2D eigenvalue weighted by Crippen LogP contribution is 2.66. The van der Waals surface area contributed by atoms with Gasteiger partial charge in [0, 0.05) is 20.3 Å². The first-order chi connectivity index (χ1) is 10.6. The molecule has 0 unspecified atom stereocenters. The molecule has 3 aliphatic rings. The summed E-state index contributed by atoms with van der Waals surface area (Å²) < 4.78 is 0. The average molecular weight is 319 g/mol. The molecule has 23 heavy (non-hydrogen) atoms. The molecule has 0 radical (unpaired) electrons. The fraction of sp³-hybridized carbons (Fsp3) is 0.765. The van der Waals surface area contributed by atoms with Crippen LogP contribution >= 0.6 is 0 Å². The van der Waals surface area contributed by atoms with E-state index in [0.717, 1.165) is 22.6 Å². The zero-order valence-electron chi connectivity index (χ0n) is 14.5. The summed E-state index contributed by atoms with van der Waals surface area (Å²) in [4.78, 5) is 42.9. The average Bonchev–Trinajstić information content (AvgIpc) is 2.84. The zero-order valence-corrected chi connectivity index (χ0v) is 14.5. The van der Waals surface area contributed by atoms with Gasteiger partial charge in [-0.25, -0.2) is 4.79 Å². The molecule has 1 aliphatic heterocycles. The van der Waals surface area contributed by atoms with Crippen LogP contribution in [0, 0.1) is 22.7 Å². The first-order valence-electron chi connectivity index (χ1n) is 8.23. The molecule has 3 fully saturated rings. The molecule has 2 saturated carbocycles. The molecule has 0 spiro atoms. The predicted octanol–water partition coefficient (Wildman–Crippen LogP) is 1.94. The van der Waals surface area contributed by atoms with E-state index in [1.165, 1.54) is 26.7 Å². The van der Waals surface area contributed by atoms with Gasteiger partial charge in [-0.05, 0) is 36.0 Å². The maximum atomic E-state index is 12.2. The van der Waals surface area contributed by atoms with Crippen LogP contribution in [-0.4, -0.2) is 54.0 Å². The Bertz CT molecular complexity index is 588. The highest BCUT2D eigenvalue weighted by molar-refractivity contribution is 6.23. The summed E-state index contributed by atoms with van der Waals surface area (Å²) in [5, 5.41) is 0. The number of hydrogen-bond acceptors (Lipinski definition) is 4. The van der Waals surface area contributed by atoms with Gasteiger partial charge in [-0.1, -0.05) is 20.8 Å². The quantitative estimate of drug-likeness (QED) is 0.577. The van der Waals surface area contributed by atoms with Gasteiger partial charge in [0.1, 0.15) is 0 Å². The smallest absolute Gasteiger partial charge is 0.292 e. The van der Waals surface area contributed by atoms with E-state index >= 15 is 0 Å². The molecule has 6 nitrogen and oxygen atoms in total. The molecule has 126 valence electrons. The molecular weight excluding hydrogens is 294 g/mol. The third-order valence-electron chi connectivity index (χ3n) is 6.93. The molecule has 2 bridgehead atoms. The van der Waals surface area contributed by atoms with Crippen molar-refractivity contribution in [1.29, 1.82) is 0 Å². The third kappa shape index (κ3) is 2.00. The summed E-state index contributed by atoms with van der Waals surface area (Å²) in [6, 6.07) is -0.442. The Hall–Kier alpha value is -1.72. The van der Waals surface area contributed by atoms with E-state index in [-0.39, 0.29) is 16.9 Å². The first kappa shape index (κ1) is 16.1. The minimum absolute atomic E-state index is 0.114. The Morgan fingerprint density at radius 2 is 1.65 bits per heavy atom. The lowest BCUT2D eigenvalue weighted by atomic mass is 9.69. The van der Waals surface area contributed by atoms with Crippen LogP contribution in [0.4, 0.5) is 4.79 Å². The minimum Gasteiger partial charge on any atom is -0.292 e. The van der Waals surface area contributed by atoms with Gasteiger partial charge >= 0.3 is 6.03 Å². The van der Waals surface area contributed by atoms with Crippen molar-refractivity contribution in [3.63, 3.8) is 0 Å². The van der Waals surface area contributed by atoms with Crippen molar-refractivity contribution in [3.05, 3.63) is 0 Å². The van der Waals surface area contributed by atoms with E-state index in [1.54, 1.807) is 0 Å². The standard InChI is InChI=1S/C17H25N3O3/c1-16(2)10-6-7-17(16,3)12(8-10)18-9-11-13(21)19(4)15(23)20(5)14(11)22/h9-12H,6-8H2,1-5H3/t10-,12+,17-/m0/s1. The lowest BCUT2D eigenvalue weighted by molar-refractivity contribution is -0.144. The zero-order chi connectivity index (χ0) is 17.2. The van der Waals surface area contributed by atoms with Gasteiger partial charge in [0.05, 0.1) is 6.04 Å². The van der Waals surface area contributed by atoms with Crippen molar-refractivity contribution >= 4 is 24.1 Å². The van der Waals surface area contributed by atoms with E-state index in [0.29, 0.717) is 5.92 Å². The van der Waals surface area contributed by atoms with Gasteiger partial charge in [0.2, 0.25) is 11.8 Å². The van der Waals surface area contributed by atoms with E-state index in [2.05, 4.69) is 25.8 Å². The van der Waals surface area contributed by atoms with Crippen molar-refractivity contribution in [2.24, 2.45) is 27.7 Å². The number of hydrogen-bond donors (Lipinski definition) is 0. The van der Waals surface area contributed by atoms with Gasteiger partial charge in [-0.3, -0.25) is 24.4 Å². The molecular formula is C17H25N3O3. The van der Waals surface area contributed by atoms with Gasteiger partial charge in [-0.2, -0.15) is 0 Å². The van der Waals surface area contributed by atoms with E-state index < -0.39 is 23.8 Å².